The molecule has 1 aliphatic rings. The van der Waals surface area contributed by atoms with Crippen molar-refractivity contribution in [2.24, 2.45) is 5.73 Å². The Morgan fingerprint density at radius 3 is 2.89 bits per heavy atom. The third kappa shape index (κ3) is 3.45. The van der Waals surface area contributed by atoms with Gasteiger partial charge in [0, 0.05) is 41.0 Å². The topological polar surface area (TPSA) is 63.4 Å². The first-order chi connectivity index (χ1) is 8.93. The molecule has 1 atom stereocenters. The number of nitrogens with two attached hydrogens (primary N) is 1. The van der Waals surface area contributed by atoms with Crippen molar-refractivity contribution >= 4 is 43.2 Å². The van der Waals surface area contributed by atoms with Crippen LogP contribution in [0.3, 0.4) is 0 Å². The van der Waals surface area contributed by atoms with Gasteiger partial charge in [-0.15, -0.1) is 0 Å². The van der Waals surface area contributed by atoms with E-state index in [1.54, 1.807) is 11.8 Å². The highest BCUT2D eigenvalue weighted by molar-refractivity contribution is 9.10. The van der Waals surface area contributed by atoms with Gasteiger partial charge in [0.2, 0.25) is 0 Å². The van der Waals surface area contributed by atoms with E-state index in [0.717, 1.165) is 28.0 Å². The zero-order chi connectivity index (χ0) is 14.0. The number of thioether (sulfide) groups is 1. The zero-order valence-electron chi connectivity index (χ0n) is 10.7. The van der Waals surface area contributed by atoms with Gasteiger partial charge in [-0.1, -0.05) is 22.0 Å². The molecular weight excluding hydrogens is 348 g/mol. The molecule has 19 heavy (non-hydrogen) atoms. The molecule has 0 amide bonds. The molecule has 106 valence electrons. The molecule has 1 fully saturated rings. The van der Waals surface area contributed by atoms with Crippen molar-refractivity contribution in [2.45, 2.75) is 11.9 Å². The van der Waals surface area contributed by atoms with Crippen molar-refractivity contribution in [3.8, 4) is 0 Å². The Balaban J connectivity index is 2.45. The molecule has 7 heteroatoms. The summed E-state index contributed by atoms with van der Waals surface area (Å²) in [7, 11) is -3.11. The first-order valence-corrected chi connectivity index (χ1v) is 9.85. The van der Waals surface area contributed by atoms with Gasteiger partial charge in [0.1, 0.15) is 5.37 Å². The van der Waals surface area contributed by atoms with Crippen LogP contribution in [-0.2, 0) is 16.4 Å². The Bertz CT molecular complexity index is 563. The summed E-state index contributed by atoms with van der Waals surface area (Å²) in [4.78, 5) is 1.97. The number of halogens is 1. The summed E-state index contributed by atoms with van der Waals surface area (Å²) in [6.45, 7) is 1.13. The lowest BCUT2D eigenvalue weighted by atomic mass is 10.1. The number of nitrogens with zero attached hydrogens (tertiary/aromatic N) is 1. The van der Waals surface area contributed by atoms with Crippen molar-refractivity contribution < 1.29 is 8.42 Å². The molecule has 2 N–H and O–H groups in total. The third-order valence-electron chi connectivity index (χ3n) is 3.16. The molecule has 1 heterocycles. The molecule has 0 saturated carbocycles. The summed E-state index contributed by atoms with van der Waals surface area (Å²) < 4.78 is 24.8. The van der Waals surface area contributed by atoms with Gasteiger partial charge < -0.3 is 10.6 Å². The van der Waals surface area contributed by atoms with E-state index in [1.165, 1.54) is 6.26 Å². The first kappa shape index (κ1) is 15.2. The standard InChI is InChI=1S/C12H17BrN2O2S2/c1-19(16,17)12-8-18-5-4-15(12)11-6-10(13)3-2-9(11)7-14/h2-3,6,12H,4-5,7-8,14H2,1H3. The molecule has 1 aliphatic heterocycles. The van der Waals surface area contributed by atoms with Crippen LogP contribution in [0.2, 0.25) is 0 Å². The molecule has 0 radical (unpaired) electrons. The average Bonchev–Trinajstić information content (AvgIpc) is 2.37. The second kappa shape index (κ2) is 6.03. The van der Waals surface area contributed by atoms with Crippen LogP contribution in [0.5, 0.6) is 0 Å². The molecule has 0 bridgehead atoms. The van der Waals surface area contributed by atoms with E-state index in [4.69, 9.17) is 5.73 Å². The molecule has 2 rings (SSSR count). The minimum absolute atomic E-state index is 0.405. The van der Waals surface area contributed by atoms with E-state index >= 15 is 0 Å². The van der Waals surface area contributed by atoms with E-state index in [1.807, 2.05) is 23.1 Å². The van der Waals surface area contributed by atoms with Crippen LogP contribution in [0.4, 0.5) is 5.69 Å². The number of hydrogen-bond donors (Lipinski definition) is 1. The van der Waals surface area contributed by atoms with Gasteiger partial charge in [0.05, 0.1) is 0 Å². The Morgan fingerprint density at radius 1 is 1.53 bits per heavy atom. The Labute approximate surface area is 126 Å². The minimum atomic E-state index is -3.11. The van der Waals surface area contributed by atoms with E-state index in [2.05, 4.69) is 15.9 Å². The fourth-order valence-electron chi connectivity index (χ4n) is 2.19. The number of benzene rings is 1. The number of anilines is 1. The molecule has 0 spiro atoms. The number of hydrogen-bond acceptors (Lipinski definition) is 5. The van der Waals surface area contributed by atoms with Crippen molar-refractivity contribution in [1.82, 2.24) is 0 Å². The molecular formula is C12H17BrN2O2S2. The number of rotatable bonds is 3. The van der Waals surface area contributed by atoms with Gasteiger partial charge in [-0.3, -0.25) is 0 Å². The van der Waals surface area contributed by atoms with Gasteiger partial charge in [-0.05, 0) is 17.7 Å². The summed E-state index contributed by atoms with van der Waals surface area (Å²) in [5, 5.41) is -0.467. The average molecular weight is 365 g/mol. The SMILES string of the molecule is CS(=O)(=O)C1CSCCN1c1cc(Br)ccc1CN. The largest absolute Gasteiger partial charge is 0.353 e. The predicted molar refractivity (Wildman–Crippen MR) is 85.3 cm³/mol. The molecule has 0 aliphatic carbocycles. The maximum Gasteiger partial charge on any atom is 0.169 e. The van der Waals surface area contributed by atoms with Crippen LogP contribution in [0.15, 0.2) is 22.7 Å². The molecule has 1 unspecified atom stereocenters. The molecule has 1 aromatic carbocycles. The van der Waals surface area contributed by atoms with E-state index in [0.29, 0.717) is 12.3 Å². The van der Waals surface area contributed by atoms with E-state index in [-0.39, 0.29) is 0 Å². The highest BCUT2D eigenvalue weighted by Crippen LogP contribution is 2.31. The van der Waals surface area contributed by atoms with Crippen LogP contribution >= 0.6 is 27.7 Å². The fraction of sp³-hybridized carbons (Fsp3) is 0.500. The quantitative estimate of drug-likeness (QED) is 0.886. The lowest BCUT2D eigenvalue weighted by Crippen LogP contribution is -2.47. The maximum atomic E-state index is 12.0. The van der Waals surface area contributed by atoms with Crippen molar-refractivity contribution in [2.75, 3.05) is 29.2 Å². The van der Waals surface area contributed by atoms with E-state index in [9.17, 15) is 8.42 Å². The summed E-state index contributed by atoms with van der Waals surface area (Å²) in [5.74, 6) is 1.54. The Morgan fingerprint density at radius 2 is 2.26 bits per heavy atom. The second-order valence-corrected chi connectivity index (χ2v) is 8.80. The second-order valence-electron chi connectivity index (χ2n) is 4.53. The molecule has 0 aromatic heterocycles. The molecule has 1 saturated heterocycles. The smallest absolute Gasteiger partial charge is 0.169 e. The summed E-state index contributed by atoms with van der Waals surface area (Å²) in [5.41, 5.74) is 7.66. The van der Waals surface area contributed by atoms with Crippen LogP contribution in [0.1, 0.15) is 5.56 Å². The lowest BCUT2D eigenvalue weighted by molar-refractivity contribution is 0.584. The highest BCUT2D eigenvalue weighted by Gasteiger charge is 2.32. The van der Waals surface area contributed by atoms with Crippen LogP contribution in [0.25, 0.3) is 0 Å². The Kier molecular flexibility index (Phi) is 4.81. The first-order valence-electron chi connectivity index (χ1n) is 5.95. The molecule has 1 aromatic rings. The zero-order valence-corrected chi connectivity index (χ0v) is 13.9. The highest BCUT2D eigenvalue weighted by atomic mass is 79.9. The summed E-state index contributed by atoms with van der Waals surface area (Å²) >= 11 is 5.12. The predicted octanol–water partition coefficient (Wildman–Crippen LogP) is 1.83. The number of sulfone groups is 1. The van der Waals surface area contributed by atoms with Crippen molar-refractivity contribution in [3.05, 3.63) is 28.2 Å². The van der Waals surface area contributed by atoms with Gasteiger partial charge >= 0.3 is 0 Å². The van der Waals surface area contributed by atoms with Gasteiger partial charge in [0.15, 0.2) is 9.84 Å². The monoisotopic (exact) mass is 364 g/mol. The maximum absolute atomic E-state index is 12.0. The van der Waals surface area contributed by atoms with Crippen LogP contribution in [-0.4, -0.2) is 38.1 Å². The fourth-order valence-corrected chi connectivity index (χ4v) is 5.37. The Hall–Kier alpha value is -0.240. The van der Waals surface area contributed by atoms with Crippen molar-refractivity contribution in [3.63, 3.8) is 0 Å². The van der Waals surface area contributed by atoms with Gasteiger partial charge in [-0.2, -0.15) is 11.8 Å². The molecule has 4 nitrogen and oxygen atoms in total. The minimum Gasteiger partial charge on any atom is -0.353 e. The lowest BCUT2D eigenvalue weighted by Gasteiger charge is -2.37. The normalized spacial score (nSPS) is 20.6. The van der Waals surface area contributed by atoms with Crippen LogP contribution in [0, 0.1) is 0 Å². The van der Waals surface area contributed by atoms with Gasteiger partial charge in [0.25, 0.3) is 0 Å². The van der Waals surface area contributed by atoms with Crippen molar-refractivity contribution in [1.29, 1.82) is 0 Å². The third-order valence-corrected chi connectivity index (χ3v) is 6.29. The summed E-state index contributed by atoms with van der Waals surface area (Å²) in [6, 6.07) is 5.83. The van der Waals surface area contributed by atoms with Gasteiger partial charge in [-0.25, -0.2) is 8.42 Å². The van der Waals surface area contributed by atoms with E-state index < -0.39 is 15.2 Å². The van der Waals surface area contributed by atoms with Crippen LogP contribution < -0.4 is 10.6 Å². The summed E-state index contributed by atoms with van der Waals surface area (Å²) in [6.07, 6.45) is 1.30.